The van der Waals surface area contributed by atoms with Crippen LogP contribution in [0.5, 0.6) is 0 Å². The normalized spacial score (nSPS) is 17.6. The van der Waals surface area contributed by atoms with Gasteiger partial charge in [-0.3, -0.25) is 0 Å². The van der Waals surface area contributed by atoms with Crippen LogP contribution in [0.25, 0.3) is 0 Å². The Morgan fingerprint density at radius 2 is 2.00 bits per heavy atom. The number of sulfonamides is 1. The van der Waals surface area contributed by atoms with Crippen molar-refractivity contribution in [1.29, 1.82) is 0 Å². The third kappa shape index (κ3) is 3.00. The maximum absolute atomic E-state index is 12.6. The first-order valence-corrected chi connectivity index (χ1v) is 8.18. The average Bonchev–Trinajstić information content (AvgIpc) is 2.42. The van der Waals surface area contributed by atoms with E-state index in [0.717, 1.165) is 0 Å². The molecule has 19 heavy (non-hydrogen) atoms. The van der Waals surface area contributed by atoms with Gasteiger partial charge in [0.05, 0.1) is 24.7 Å². The molecular formula is C12H16BrNO4S. The van der Waals surface area contributed by atoms with Crippen molar-refractivity contribution in [2.45, 2.75) is 18.4 Å². The zero-order valence-electron chi connectivity index (χ0n) is 10.6. The van der Waals surface area contributed by atoms with Crippen molar-refractivity contribution in [3.05, 3.63) is 27.7 Å². The van der Waals surface area contributed by atoms with Gasteiger partial charge in [-0.2, -0.15) is 4.31 Å². The molecule has 1 heterocycles. The van der Waals surface area contributed by atoms with Crippen molar-refractivity contribution in [3.63, 3.8) is 0 Å². The Morgan fingerprint density at radius 3 is 2.58 bits per heavy atom. The van der Waals surface area contributed by atoms with Crippen LogP contribution >= 0.6 is 15.9 Å². The van der Waals surface area contributed by atoms with Gasteiger partial charge in [0, 0.05) is 17.6 Å². The Labute approximate surface area is 121 Å². The monoisotopic (exact) mass is 349 g/mol. The van der Waals surface area contributed by atoms with Crippen molar-refractivity contribution >= 4 is 26.0 Å². The smallest absolute Gasteiger partial charge is 0.243 e. The van der Waals surface area contributed by atoms with Crippen LogP contribution in [0.15, 0.2) is 21.5 Å². The lowest BCUT2D eigenvalue weighted by molar-refractivity contribution is 0.0730. The van der Waals surface area contributed by atoms with Crippen molar-refractivity contribution in [1.82, 2.24) is 4.31 Å². The van der Waals surface area contributed by atoms with Crippen LogP contribution in [0.1, 0.15) is 11.1 Å². The molecule has 1 saturated heterocycles. The maximum atomic E-state index is 12.6. The maximum Gasteiger partial charge on any atom is 0.243 e. The molecule has 0 atom stereocenters. The Hall–Kier alpha value is -0.470. The lowest BCUT2D eigenvalue weighted by atomic mass is 10.2. The second-order valence-electron chi connectivity index (χ2n) is 4.38. The predicted octanol–water partition coefficient (Wildman–Crippen LogP) is 1.27. The summed E-state index contributed by atoms with van der Waals surface area (Å²) in [5, 5.41) is 9.20. The minimum absolute atomic E-state index is 0.190. The van der Waals surface area contributed by atoms with Gasteiger partial charge in [0.25, 0.3) is 0 Å². The van der Waals surface area contributed by atoms with Crippen molar-refractivity contribution in [3.8, 4) is 0 Å². The molecule has 0 amide bonds. The predicted molar refractivity (Wildman–Crippen MR) is 74.4 cm³/mol. The van der Waals surface area contributed by atoms with E-state index in [1.165, 1.54) is 10.4 Å². The highest BCUT2D eigenvalue weighted by Crippen LogP contribution is 2.28. The molecule has 2 rings (SSSR count). The van der Waals surface area contributed by atoms with E-state index in [2.05, 4.69) is 15.9 Å². The summed E-state index contributed by atoms with van der Waals surface area (Å²) < 4.78 is 32.5. The molecule has 106 valence electrons. The molecule has 1 aromatic carbocycles. The van der Waals surface area contributed by atoms with Crippen LogP contribution in [0, 0.1) is 6.92 Å². The second-order valence-corrected chi connectivity index (χ2v) is 7.14. The van der Waals surface area contributed by atoms with Crippen LogP contribution in [0.2, 0.25) is 0 Å². The van der Waals surface area contributed by atoms with Crippen LogP contribution < -0.4 is 0 Å². The molecule has 1 aliphatic rings. The van der Waals surface area contributed by atoms with E-state index < -0.39 is 10.0 Å². The molecule has 1 N–H and O–H groups in total. The number of aliphatic hydroxyl groups excluding tert-OH is 1. The number of benzene rings is 1. The van der Waals surface area contributed by atoms with Gasteiger partial charge >= 0.3 is 0 Å². The molecule has 5 nitrogen and oxygen atoms in total. The van der Waals surface area contributed by atoms with Crippen LogP contribution in [-0.2, 0) is 21.4 Å². The Morgan fingerprint density at radius 1 is 1.37 bits per heavy atom. The van der Waals surface area contributed by atoms with E-state index in [9.17, 15) is 13.5 Å². The van der Waals surface area contributed by atoms with Crippen LogP contribution in [0.4, 0.5) is 0 Å². The quantitative estimate of drug-likeness (QED) is 0.892. The van der Waals surface area contributed by atoms with Gasteiger partial charge in [-0.05, 0) is 30.2 Å². The van der Waals surface area contributed by atoms with E-state index in [4.69, 9.17) is 4.74 Å². The summed E-state index contributed by atoms with van der Waals surface area (Å²) in [6.07, 6.45) is 0. The number of rotatable bonds is 3. The first kappa shape index (κ1) is 14.9. The minimum atomic E-state index is -3.54. The highest BCUT2D eigenvalue weighted by molar-refractivity contribution is 9.10. The van der Waals surface area contributed by atoms with Gasteiger partial charge in [-0.25, -0.2) is 8.42 Å². The Balaban J connectivity index is 2.47. The van der Waals surface area contributed by atoms with Crippen molar-refractivity contribution in [2.75, 3.05) is 26.3 Å². The molecule has 0 saturated carbocycles. The molecular weight excluding hydrogens is 334 g/mol. The van der Waals surface area contributed by atoms with Crippen LogP contribution in [0.3, 0.4) is 0 Å². The average molecular weight is 350 g/mol. The summed E-state index contributed by atoms with van der Waals surface area (Å²) in [5.74, 6) is 0. The number of aliphatic hydroxyl groups is 1. The molecule has 0 unspecified atom stereocenters. The Bertz CT molecular complexity index is 567. The van der Waals surface area contributed by atoms with Gasteiger partial charge in [0.15, 0.2) is 0 Å². The van der Waals surface area contributed by atoms with Crippen LogP contribution in [-0.4, -0.2) is 44.1 Å². The van der Waals surface area contributed by atoms with E-state index >= 15 is 0 Å². The number of morpholine rings is 1. The van der Waals surface area contributed by atoms with Crippen molar-refractivity contribution in [2.24, 2.45) is 0 Å². The number of halogens is 1. The lowest BCUT2D eigenvalue weighted by Crippen LogP contribution is -2.40. The fourth-order valence-electron chi connectivity index (χ4n) is 1.99. The second kappa shape index (κ2) is 5.88. The SMILES string of the molecule is Cc1c(Br)cc(CO)cc1S(=O)(=O)N1CCOCC1. The van der Waals surface area contributed by atoms with Gasteiger partial charge in [-0.1, -0.05) is 15.9 Å². The first-order valence-electron chi connectivity index (χ1n) is 5.94. The largest absolute Gasteiger partial charge is 0.392 e. The Kier molecular flexibility index (Phi) is 4.62. The molecule has 0 bridgehead atoms. The fourth-order valence-corrected chi connectivity index (χ4v) is 4.34. The highest BCUT2D eigenvalue weighted by Gasteiger charge is 2.28. The number of ether oxygens (including phenoxy) is 1. The molecule has 1 aliphatic heterocycles. The zero-order chi connectivity index (χ0) is 14.0. The fraction of sp³-hybridized carbons (Fsp3) is 0.500. The zero-order valence-corrected chi connectivity index (χ0v) is 13.0. The van der Waals surface area contributed by atoms with E-state index in [1.807, 2.05) is 0 Å². The number of hydrogen-bond donors (Lipinski definition) is 1. The summed E-state index contributed by atoms with van der Waals surface area (Å²) >= 11 is 3.34. The molecule has 0 spiro atoms. The topological polar surface area (TPSA) is 66.8 Å². The number of hydrogen-bond acceptors (Lipinski definition) is 4. The summed E-state index contributed by atoms with van der Waals surface area (Å²) in [5.41, 5.74) is 1.23. The highest BCUT2D eigenvalue weighted by atomic mass is 79.9. The lowest BCUT2D eigenvalue weighted by Gasteiger charge is -2.27. The molecule has 0 aliphatic carbocycles. The van der Waals surface area contributed by atoms with E-state index in [1.54, 1.807) is 13.0 Å². The van der Waals surface area contributed by atoms with Gasteiger partial charge in [0.2, 0.25) is 10.0 Å². The molecule has 1 aromatic rings. The standard InChI is InChI=1S/C12H16BrNO4S/c1-9-11(13)6-10(8-15)7-12(9)19(16,17)14-2-4-18-5-3-14/h6-7,15H,2-5,8H2,1H3. The summed E-state index contributed by atoms with van der Waals surface area (Å²) in [4.78, 5) is 0.243. The molecule has 0 radical (unpaired) electrons. The van der Waals surface area contributed by atoms with Gasteiger partial charge in [-0.15, -0.1) is 0 Å². The molecule has 1 fully saturated rings. The summed E-state index contributed by atoms with van der Waals surface area (Å²) in [6.45, 7) is 3.12. The van der Waals surface area contributed by atoms with Crippen molar-refractivity contribution < 1.29 is 18.3 Å². The summed E-state index contributed by atoms with van der Waals surface area (Å²) in [6, 6.07) is 3.26. The third-order valence-corrected chi connectivity index (χ3v) is 5.98. The summed E-state index contributed by atoms with van der Waals surface area (Å²) in [7, 11) is -3.54. The van der Waals surface area contributed by atoms with Gasteiger partial charge < -0.3 is 9.84 Å². The third-order valence-electron chi connectivity index (χ3n) is 3.13. The minimum Gasteiger partial charge on any atom is -0.392 e. The molecule has 0 aromatic heterocycles. The number of nitrogens with zero attached hydrogens (tertiary/aromatic N) is 1. The van der Waals surface area contributed by atoms with E-state index in [-0.39, 0.29) is 11.5 Å². The van der Waals surface area contributed by atoms with E-state index in [0.29, 0.717) is 41.9 Å². The van der Waals surface area contributed by atoms with Gasteiger partial charge in [0.1, 0.15) is 0 Å². The first-order chi connectivity index (χ1) is 8.96. The molecule has 7 heteroatoms.